The second-order valence-corrected chi connectivity index (χ2v) is 6.22. The summed E-state index contributed by atoms with van der Waals surface area (Å²) in [6.45, 7) is 5.46. The van der Waals surface area contributed by atoms with Crippen molar-refractivity contribution in [2.24, 2.45) is 13.0 Å². The van der Waals surface area contributed by atoms with Crippen LogP contribution in [0.15, 0.2) is 6.33 Å². The highest BCUT2D eigenvalue weighted by molar-refractivity contribution is 5.94. The van der Waals surface area contributed by atoms with Crippen LogP contribution in [0.1, 0.15) is 35.9 Å². The molecule has 1 aliphatic rings. The quantitative estimate of drug-likeness (QED) is 0.867. The third-order valence-corrected chi connectivity index (χ3v) is 4.28. The van der Waals surface area contributed by atoms with E-state index in [-0.39, 0.29) is 23.8 Å². The number of nitrogens with one attached hydrogen (secondary N) is 1. The summed E-state index contributed by atoms with van der Waals surface area (Å²) in [7, 11) is 3.44. The van der Waals surface area contributed by atoms with Gasteiger partial charge in [0.2, 0.25) is 5.91 Å². The zero-order valence-electron chi connectivity index (χ0n) is 14.3. The fraction of sp³-hybridized carbons (Fsp3) is 0.688. The van der Waals surface area contributed by atoms with Crippen molar-refractivity contribution in [1.29, 1.82) is 0 Å². The number of amides is 2. The molecule has 1 fully saturated rings. The predicted octanol–water partition coefficient (Wildman–Crippen LogP) is 0.732. The van der Waals surface area contributed by atoms with Gasteiger partial charge in [-0.15, -0.1) is 0 Å². The fourth-order valence-corrected chi connectivity index (χ4v) is 3.00. The zero-order valence-corrected chi connectivity index (χ0v) is 14.3. The Morgan fingerprint density at radius 1 is 1.43 bits per heavy atom. The molecule has 2 amide bonds. The van der Waals surface area contributed by atoms with Gasteiger partial charge in [0.15, 0.2) is 0 Å². The minimum absolute atomic E-state index is 0.00394. The molecule has 0 aliphatic carbocycles. The molecule has 7 heteroatoms. The van der Waals surface area contributed by atoms with Crippen molar-refractivity contribution < 1.29 is 14.3 Å². The lowest BCUT2D eigenvalue weighted by molar-refractivity contribution is -0.127. The van der Waals surface area contributed by atoms with Crippen molar-refractivity contribution in [3.05, 3.63) is 17.7 Å². The van der Waals surface area contributed by atoms with Crippen LogP contribution in [-0.2, 0) is 16.6 Å². The molecule has 2 heterocycles. The van der Waals surface area contributed by atoms with Crippen molar-refractivity contribution in [1.82, 2.24) is 19.8 Å². The van der Waals surface area contributed by atoms with E-state index in [4.69, 9.17) is 4.74 Å². The number of imidazole rings is 1. The van der Waals surface area contributed by atoms with E-state index >= 15 is 0 Å². The Hall–Kier alpha value is -1.89. The van der Waals surface area contributed by atoms with E-state index in [1.165, 1.54) is 0 Å². The average Bonchev–Trinajstić information content (AvgIpc) is 2.86. The Labute approximate surface area is 137 Å². The second-order valence-electron chi connectivity index (χ2n) is 6.22. The molecular formula is C16H26N4O3. The molecule has 0 aromatic carbocycles. The van der Waals surface area contributed by atoms with Crippen LogP contribution in [-0.4, -0.2) is 59.1 Å². The van der Waals surface area contributed by atoms with E-state index in [0.717, 1.165) is 5.69 Å². The third-order valence-electron chi connectivity index (χ3n) is 4.28. The van der Waals surface area contributed by atoms with Crippen LogP contribution in [0.4, 0.5) is 0 Å². The average molecular weight is 322 g/mol. The van der Waals surface area contributed by atoms with Crippen molar-refractivity contribution in [3.8, 4) is 0 Å². The molecule has 1 saturated heterocycles. The molecule has 1 aromatic rings. The van der Waals surface area contributed by atoms with Gasteiger partial charge in [-0.05, 0) is 26.7 Å². The number of nitrogens with zero attached hydrogens (tertiary/aromatic N) is 3. The number of aromatic nitrogens is 2. The molecular weight excluding hydrogens is 296 g/mol. The number of hydrogen-bond acceptors (Lipinski definition) is 4. The van der Waals surface area contributed by atoms with Crippen molar-refractivity contribution >= 4 is 11.8 Å². The van der Waals surface area contributed by atoms with Crippen LogP contribution in [0.25, 0.3) is 0 Å². The van der Waals surface area contributed by atoms with Crippen molar-refractivity contribution in [3.63, 3.8) is 0 Å². The smallest absolute Gasteiger partial charge is 0.272 e. The van der Waals surface area contributed by atoms with Gasteiger partial charge in [-0.25, -0.2) is 4.98 Å². The molecule has 1 aromatic heterocycles. The van der Waals surface area contributed by atoms with E-state index in [9.17, 15) is 9.59 Å². The molecule has 0 spiro atoms. The maximum atomic E-state index is 12.6. The topological polar surface area (TPSA) is 76.5 Å². The molecule has 1 N–H and O–H groups in total. The van der Waals surface area contributed by atoms with E-state index < -0.39 is 0 Å². The molecule has 0 unspecified atom stereocenters. The van der Waals surface area contributed by atoms with Crippen LogP contribution in [0.2, 0.25) is 0 Å². The number of hydrogen-bond donors (Lipinski definition) is 1. The highest BCUT2D eigenvalue weighted by atomic mass is 16.5. The molecule has 1 atom stereocenters. The SMILES string of the molecule is COC[C@H](C)NC(=O)C1CCN(C(=O)c2c(C)ncn2C)CC1. The van der Waals surface area contributed by atoms with Gasteiger partial charge in [-0.2, -0.15) is 0 Å². The highest BCUT2D eigenvalue weighted by Crippen LogP contribution is 2.20. The monoisotopic (exact) mass is 322 g/mol. The standard InChI is InChI=1S/C16H26N4O3/c1-11(9-23-4)18-15(21)13-5-7-20(8-6-13)16(22)14-12(2)17-10-19(14)3/h10-11,13H,5-9H2,1-4H3,(H,18,21)/t11-/m0/s1. The van der Waals surface area contributed by atoms with Crippen LogP contribution in [0, 0.1) is 12.8 Å². The molecule has 1 aliphatic heterocycles. The van der Waals surface area contributed by atoms with Crippen LogP contribution >= 0.6 is 0 Å². The van der Waals surface area contributed by atoms with Gasteiger partial charge < -0.3 is 19.5 Å². The Balaban J connectivity index is 1.89. The lowest BCUT2D eigenvalue weighted by Gasteiger charge is -2.32. The van der Waals surface area contributed by atoms with Gasteiger partial charge in [0.1, 0.15) is 5.69 Å². The van der Waals surface area contributed by atoms with Crippen molar-refractivity contribution in [2.75, 3.05) is 26.8 Å². The summed E-state index contributed by atoms with van der Waals surface area (Å²) in [5, 5.41) is 2.96. The minimum Gasteiger partial charge on any atom is -0.383 e. The molecule has 2 rings (SSSR count). The number of methoxy groups -OCH3 is 1. The molecule has 23 heavy (non-hydrogen) atoms. The van der Waals surface area contributed by atoms with Gasteiger partial charge in [0, 0.05) is 39.2 Å². The van der Waals surface area contributed by atoms with Gasteiger partial charge in [-0.1, -0.05) is 0 Å². The van der Waals surface area contributed by atoms with Gasteiger partial charge in [0.25, 0.3) is 5.91 Å². The molecule has 0 bridgehead atoms. The van der Waals surface area contributed by atoms with E-state index in [0.29, 0.717) is 38.2 Å². The number of rotatable bonds is 5. The first-order valence-electron chi connectivity index (χ1n) is 8.00. The maximum absolute atomic E-state index is 12.6. The molecule has 0 saturated carbocycles. The van der Waals surface area contributed by atoms with E-state index in [2.05, 4.69) is 10.3 Å². The number of likely N-dealkylation sites (tertiary alicyclic amines) is 1. The van der Waals surface area contributed by atoms with Crippen molar-refractivity contribution in [2.45, 2.75) is 32.7 Å². The molecule has 7 nitrogen and oxygen atoms in total. The first-order valence-corrected chi connectivity index (χ1v) is 8.00. The summed E-state index contributed by atoms with van der Waals surface area (Å²) in [6, 6.07) is 0.00394. The third kappa shape index (κ3) is 4.10. The number of ether oxygens (including phenoxy) is 1. The van der Waals surface area contributed by atoms with E-state index in [1.807, 2.05) is 25.8 Å². The highest BCUT2D eigenvalue weighted by Gasteiger charge is 2.29. The van der Waals surface area contributed by atoms with Gasteiger partial charge in [0.05, 0.1) is 18.6 Å². The Bertz CT molecular complexity index is 542. The normalized spacial score (nSPS) is 17.1. The van der Waals surface area contributed by atoms with Gasteiger partial charge in [-0.3, -0.25) is 9.59 Å². The summed E-state index contributed by atoms with van der Waals surface area (Å²) < 4.78 is 6.78. The fourth-order valence-electron chi connectivity index (χ4n) is 3.00. The predicted molar refractivity (Wildman–Crippen MR) is 86.1 cm³/mol. The Morgan fingerprint density at radius 3 is 2.61 bits per heavy atom. The summed E-state index contributed by atoms with van der Waals surface area (Å²) >= 11 is 0. The Kier molecular flexibility index (Phi) is 5.76. The number of carbonyl (C=O) groups is 2. The molecule has 128 valence electrons. The second kappa shape index (κ2) is 7.59. The van der Waals surface area contributed by atoms with E-state index in [1.54, 1.807) is 18.0 Å². The summed E-state index contributed by atoms with van der Waals surface area (Å²) in [5.74, 6) is 0.0125. The Morgan fingerprint density at radius 2 is 2.09 bits per heavy atom. The summed E-state index contributed by atoms with van der Waals surface area (Å²) in [4.78, 5) is 30.8. The summed E-state index contributed by atoms with van der Waals surface area (Å²) in [6.07, 6.45) is 3.03. The largest absolute Gasteiger partial charge is 0.383 e. The number of piperidine rings is 1. The maximum Gasteiger partial charge on any atom is 0.272 e. The lowest BCUT2D eigenvalue weighted by atomic mass is 9.95. The van der Waals surface area contributed by atoms with Crippen LogP contribution in [0.3, 0.4) is 0 Å². The minimum atomic E-state index is -0.0361. The van der Waals surface area contributed by atoms with Crippen LogP contribution in [0.5, 0.6) is 0 Å². The summed E-state index contributed by atoms with van der Waals surface area (Å²) in [5.41, 5.74) is 1.37. The first-order chi connectivity index (χ1) is 10.9. The molecule has 0 radical (unpaired) electrons. The number of carbonyl (C=O) groups excluding carboxylic acids is 2. The number of aryl methyl sites for hydroxylation is 2. The lowest BCUT2D eigenvalue weighted by Crippen LogP contribution is -2.46. The van der Waals surface area contributed by atoms with Gasteiger partial charge >= 0.3 is 0 Å². The zero-order chi connectivity index (χ0) is 17.0. The first kappa shape index (κ1) is 17.5. The van der Waals surface area contributed by atoms with Crippen LogP contribution < -0.4 is 5.32 Å².